The normalized spacial score (nSPS) is 16.9. The molecule has 1 atom stereocenters. The van der Waals surface area contributed by atoms with Crippen LogP contribution in [0.25, 0.3) is 0 Å². The lowest BCUT2D eigenvalue weighted by atomic mass is 9.93. The average Bonchev–Trinajstić information content (AvgIpc) is 2.61. The van der Waals surface area contributed by atoms with Gasteiger partial charge in [0.15, 0.2) is 0 Å². The Labute approximate surface area is 141 Å². The first-order valence-corrected chi connectivity index (χ1v) is 7.90. The van der Waals surface area contributed by atoms with Crippen molar-refractivity contribution in [2.75, 3.05) is 13.2 Å². The van der Waals surface area contributed by atoms with Crippen molar-refractivity contribution < 1.29 is 9.53 Å². The van der Waals surface area contributed by atoms with Gasteiger partial charge < -0.3 is 10.5 Å². The second kappa shape index (κ2) is 7.16. The van der Waals surface area contributed by atoms with Crippen molar-refractivity contribution in [1.82, 2.24) is 4.90 Å². The Balaban J connectivity index is 1.62. The van der Waals surface area contributed by atoms with Crippen molar-refractivity contribution in [3.63, 3.8) is 0 Å². The van der Waals surface area contributed by atoms with Gasteiger partial charge in [0.2, 0.25) is 5.91 Å². The number of nitriles is 1. The summed E-state index contributed by atoms with van der Waals surface area (Å²) < 4.78 is 5.72. The van der Waals surface area contributed by atoms with E-state index in [4.69, 9.17) is 15.7 Å². The van der Waals surface area contributed by atoms with Crippen LogP contribution in [0.5, 0.6) is 5.75 Å². The highest BCUT2D eigenvalue weighted by Crippen LogP contribution is 2.23. The van der Waals surface area contributed by atoms with E-state index in [-0.39, 0.29) is 11.9 Å². The third-order valence-corrected chi connectivity index (χ3v) is 4.30. The lowest BCUT2D eigenvalue weighted by Crippen LogP contribution is -2.49. The Hall–Kier alpha value is -2.84. The number of primary amides is 1. The average molecular weight is 321 g/mol. The Morgan fingerprint density at radius 2 is 1.92 bits per heavy atom. The van der Waals surface area contributed by atoms with Crippen molar-refractivity contribution >= 4 is 5.91 Å². The topological polar surface area (TPSA) is 79.3 Å². The number of benzene rings is 2. The maximum atomic E-state index is 11.8. The van der Waals surface area contributed by atoms with Gasteiger partial charge in [-0.15, -0.1) is 0 Å². The number of hydrogen-bond acceptors (Lipinski definition) is 4. The summed E-state index contributed by atoms with van der Waals surface area (Å²) in [4.78, 5) is 13.9. The minimum atomic E-state index is -0.303. The van der Waals surface area contributed by atoms with Crippen LogP contribution in [-0.4, -0.2) is 30.0 Å². The first kappa shape index (κ1) is 16.0. The SMILES string of the molecule is N#Cc1ccc(OCCN2Cc3ccccc3C[C@H]2C(N)=O)cc1. The molecule has 122 valence electrons. The maximum Gasteiger partial charge on any atom is 0.235 e. The van der Waals surface area contributed by atoms with Crippen LogP contribution in [0.4, 0.5) is 0 Å². The lowest BCUT2D eigenvalue weighted by molar-refractivity contribution is -0.123. The van der Waals surface area contributed by atoms with E-state index in [9.17, 15) is 4.79 Å². The summed E-state index contributed by atoms with van der Waals surface area (Å²) >= 11 is 0. The van der Waals surface area contributed by atoms with E-state index in [0.717, 1.165) is 0 Å². The molecule has 2 N–H and O–H groups in total. The van der Waals surface area contributed by atoms with Crippen LogP contribution in [0, 0.1) is 11.3 Å². The third kappa shape index (κ3) is 3.55. The molecule has 0 fully saturated rings. The van der Waals surface area contributed by atoms with Crippen LogP contribution >= 0.6 is 0 Å². The van der Waals surface area contributed by atoms with E-state index >= 15 is 0 Å². The van der Waals surface area contributed by atoms with Crippen LogP contribution in [0.15, 0.2) is 48.5 Å². The molecule has 0 saturated carbocycles. The van der Waals surface area contributed by atoms with E-state index in [0.29, 0.717) is 37.4 Å². The zero-order valence-electron chi connectivity index (χ0n) is 13.3. The molecule has 5 nitrogen and oxygen atoms in total. The summed E-state index contributed by atoms with van der Waals surface area (Å²) in [6.07, 6.45) is 0.641. The van der Waals surface area contributed by atoms with Crippen molar-refractivity contribution in [2.24, 2.45) is 5.73 Å². The molecule has 1 amide bonds. The Morgan fingerprint density at radius 3 is 2.58 bits per heavy atom. The number of amides is 1. The van der Waals surface area contributed by atoms with E-state index in [1.807, 2.05) is 12.1 Å². The maximum absolute atomic E-state index is 11.8. The van der Waals surface area contributed by atoms with Crippen molar-refractivity contribution in [2.45, 2.75) is 19.0 Å². The van der Waals surface area contributed by atoms with E-state index in [1.54, 1.807) is 24.3 Å². The number of hydrogen-bond donors (Lipinski definition) is 1. The lowest BCUT2D eigenvalue weighted by Gasteiger charge is -2.34. The molecule has 0 spiro atoms. The molecule has 0 bridgehead atoms. The zero-order valence-corrected chi connectivity index (χ0v) is 13.3. The predicted octanol–water partition coefficient (Wildman–Crippen LogP) is 1.85. The molecule has 0 radical (unpaired) electrons. The molecule has 0 unspecified atom stereocenters. The molecule has 1 heterocycles. The number of nitrogens with zero attached hydrogens (tertiary/aromatic N) is 2. The van der Waals surface area contributed by atoms with Crippen LogP contribution in [-0.2, 0) is 17.8 Å². The smallest absolute Gasteiger partial charge is 0.235 e. The molecule has 0 saturated heterocycles. The number of nitrogens with two attached hydrogens (primary N) is 1. The van der Waals surface area contributed by atoms with Gasteiger partial charge in [0.1, 0.15) is 12.4 Å². The van der Waals surface area contributed by atoms with Gasteiger partial charge in [-0.1, -0.05) is 24.3 Å². The largest absolute Gasteiger partial charge is 0.492 e. The molecule has 1 aliphatic rings. The first-order chi connectivity index (χ1) is 11.7. The van der Waals surface area contributed by atoms with Gasteiger partial charge in [-0.25, -0.2) is 0 Å². The van der Waals surface area contributed by atoms with E-state index < -0.39 is 0 Å². The minimum Gasteiger partial charge on any atom is -0.492 e. The van der Waals surface area contributed by atoms with E-state index in [1.165, 1.54) is 11.1 Å². The monoisotopic (exact) mass is 321 g/mol. The highest BCUT2D eigenvalue weighted by molar-refractivity contribution is 5.80. The summed E-state index contributed by atoms with van der Waals surface area (Å²) in [6.45, 7) is 1.76. The van der Waals surface area contributed by atoms with Gasteiger partial charge in [0.05, 0.1) is 17.7 Å². The van der Waals surface area contributed by atoms with Gasteiger partial charge in [0.25, 0.3) is 0 Å². The highest BCUT2D eigenvalue weighted by atomic mass is 16.5. The summed E-state index contributed by atoms with van der Waals surface area (Å²) in [5.41, 5.74) is 8.59. The summed E-state index contributed by atoms with van der Waals surface area (Å²) in [5, 5.41) is 8.79. The Kier molecular flexibility index (Phi) is 4.78. The molecule has 5 heteroatoms. The van der Waals surface area contributed by atoms with Crippen LogP contribution in [0.1, 0.15) is 16.7 Å². The number of ether oxygens (including phenoxy) is 1. The van der Waals surface area contributed by atoms with Gasteiger partial charge in [0, 0.05) is 13.1 Å². The number of rotatable bonds is 5. The van der Waals surface area contributed by atoms with Gasteiger partial charge in [-0.2, -0.15) is 5.26 Å². The quantitative estimate of drug-likeness (QED) is 0.911. The molecule has 3 rings (SSSR count). The zero-order chi connectivity index (χ0) is 16.9. The fraction of sp³-hybridized carbons (Fsp3) is 0.263. The fourth-order valence-electron chi connectivity index (χ4n) is 3.00. The summed E-state index contributed by atoms with van der Waals surface area (Å²) in [7, 11) is 0. The minimum absolute atomic E-state index is 0.301. The third-order valence-electron chi connectivity index (χ3n) is 4.30. The number of fused-ring (bicyclic) bond motifs is 1. The summed E-state index contributed by atoms with van der Waals surface area (Å²) in [5.74, 6) is 0.407. The summed E-state index contributed by atoms with van der Waals surface area (Å²) in [6, 6.07) is 16.9. The second-order valence-corrected chi connectivity index (χ2v) is 5.85. The van der Waals surface area contributed by atoms with Crippen LogP contribution in [0.3, 0.4) is 0 Å². The van der Waals surface area contributed by atoms with Crippen molar-refractivity contribution in [3.8, 4) is 11.8 Å². The van der Waals surface area contributed by atoms with Crippen LogP contribution < -0.4 is 10.5 Å². The number of carbonyl (C=O) groups excluding carboxylic acids is 1. The van der Waals surface area contributed by atoms with Gasteiger partial charge in [-0.05, 0) is 41.8 Å². The Morgan fingerprint density at radius 1 is 1.21 bits per heavy atom. The van der Waals surface area contributed by atoms with Crippen LogP contribution in [0.2, 0.25) is 0 Å². The molecular formula is C19H19N3O2. The predicted molar refractivity (Wildman–Crippen MR) is 90.2 cm³/mol. The molecule has 2 aromatic carbocycles. The molecular weight excluding hydrogens is 302 g/mol. The van der Waals surface area contributed by atoms with Gasteiger partial charge in [-0.3, -0.25) is 9.69 Å². The standard InChI is InChI=1S/C19H19N3O2/c20-12-14-5-7-17(8-6-14)24-10-9-22-13-16-4-2-1-3-15(16)11-18(22)19(21)23/h1-8,18H,9-11,13H2,(H2,21,23)/t18-/m0/s1. The first-order valence-electron chi connectivity index (χ1n) is 7.90. The molecule has 24 heavy (non-hydrogen) atoms. The number of carbonyl (C=O) groups is 1. The molecule has 2 aromatic rings. The van der Waals surface area contributed by atoms with Crippen molar-refractivity contribution in [3.05, 3.63) is 65.2 Å². The Bertz CT molecular complexity index is 765. The molecule has 0 aliphatic carbocycles. The van der Waals surface area contributed by atoms with E-state index in [2.05, 4.69) is 23.1 Å². The molecule has 0 aromatic heterocycles. The fourth-order valence-corrected chi connectivity index (χ4v) is 3.00. The van der Waals surface area contributed by atoms with Gasteiger partial charge >= 0.3 is 0 Å². The molecule has 1 aliphatic heterocycles. The highest BCUT2D eigenvalue weighted by Gasteiger charge is 2.29. The second-order valence-electron chi connectivity index (χ2n) is 5.85. The van der Waals surface area contributed by atoms with Crippen molar-refractivity contribution in [1.29, 1.82) is 5.26 Å².